The van der Waals surface area contributed by atoms with Crippen molar-refractivity contribution in [3.8, 4) is 0 Å². The molecule has 0 aromatic carbocycles. The SMILES string of the molecule is CCCCCCCCCC[P+](CCC)(CCC)CCC.[I-]. The van der Waals surface area contributed by atoms with Crippen LogP contribution < -0.4 is 24.0 Å². The molecule has 0 heterocycles. The average molecular weight is 428 g/mol. The summed E-state index contributed by atoms with van der Waals surface area (Å²) in [6, 6.07) is 0. The lowest BCUT2D eigenvalue weighted by atomic mass is 10.1. The second kappa shape index (κ2) is 17.5. The fourth-order valence-corrected chi connectivity index (χ4v) is 8.76. The van der Waals surface area contributed by atoms with Gasteiger partial charge in [-0.2, -0.15) is 0 Å². The van der Waals surface area contributed by atoms with Gasteiger partial charge < -0.3 is 24.0 Å². The minimum absolute atomic E-state index is 0. The van der Waals surface area contributed by atoms with Gasteiger partial charge in [0, 0.05) is 7.26 Å². The first kappa shape index (κ1) is 24.4. The lowest BCUT2D eigenvalue weighted by Gasteiger charge is -2.27. The predicted octanol–water partition coefficient (Wildman–Crippen LogP) is 4.38. The van der Waals surface area contributed by atoms with Crippen LogP contribution >= 0.6 is 7.26 Å². The Kier molecular flexibility index (Phi) is 20.4. The van der Waals surface area contributed by atoms with E-state index in [1.807, 2.05) is 0 Å². The highest BCUT2D eigenvalue weighted by atomic mass is 127. The highest BCUT2D eigenvalue weighted by Crippen LogP contribution is 2.60. The minimum Gasteiger partial charge on any atom is -1.00 e. The summed E-state index contributed by atoms with van der Waals surface area (Å²) >= 11 is 0. The molecule has 0 unspecified atom stereocenters. The topological polar surface area (TPSA) is 0 Å². The Morgan fingerprint density at radius 1 is 0.429 bits per heavy atom. The number of hydrogen-bond acceptors (Lipinski definition) is 0. The van der Waals surface area contributed by atoms with Crippen molar-refractivity contribution >= 4 is 7.26 Å². The van der Waals surface area contributed by atoms with Crippen molar-refractivity contribution < 1.29 is 24.0 Å². The van der Waals surface area contributed by atoms with E-state index in [0.29, 0.717) is 0 Å². The molecule has 0 bridgehead atoms. The zero-order valence-electron chi connectivity index (χ0n) is 15.4. The number of halogens is 1. The van der Waals surface area contributed by atoms with Crippen molar-refractivity contribution in [2.24, 2.45) is 0 Å². The Morgan fingerprint density at radius 2 is 0.810 bits per heavy atom. The van der Waals surface area contributed by atoms with Crippen LogP contribution in [0.15, 0.2) is 0 Å². The summed E-state index contributed by atoms with van der Waals surface area (Å²) in [6.45, 7) is 9.49. The van der Waals surface area contributed by atoms with Gasteiger partial charge in [0.25, 0.3) is 0 Å². The molecule has 0 aliphatic heterocycles. The van der Waals surface area contributed by atoms with Gasteiger partial charge >= 0.3 is 0 Å². The Balaban J connectivity index is 0. The van der Waals surface area contributed by atoms with Crippen LogP contribution in [0.1, 0.15) is 98.3 Å². The number of unbranched alkanes of at least 4 members (excludes halogenated alkanes) is 7. The summed E-state index contributed by atoms with van der Waals surface area (Å²) in [6.07, 6.45) is 22.4. The Hall–Kier alpha value is 1.16. The van der Waals surface area contributed by atoms with Crippen molar-refractivity contribution in [2.45, 2.75) is 98.3 Å². The molecule has 0 aromatic heterocycles. The monoisotopic (exact) mass is 428 g/mol. The molecule has 0 nitrogen and oxygen atoms in total. The first-order chi connectivity index (χ1) is 9.74. The molecule has 0 rings (SSSR count). The molecule has 130 valence electrons. The lowest BCUT2D eigenvalue weighted by molar-refractivity contribution is -0.00000472. The summed E-state index contributed by atoms with van der Waals surface area (Å²) in [5.74, 6) is 0. The molecule has 2 heteroatoms. The van der Waals surface area contributed by atoms with Gasteiger partial charge in [0.1, 0.15) is 0 Å². The Labute approximate surface area is 154 Å². The van der Waals surface area contributed by atoms with Crippen molar-refractivity contribution in [3.63, 3.8) is 0 Å². The summed E-state index contributed by atoms with van der Waals surface area (Å²) < 4.78 is 0. The highest BCUT2D eigenvalue weighted by molar-refractivity contribution is 7.75. The van der Waals surface area contributed by atoms with Crippen LogP contribution in [0.2, 0.25) is 0 Å². The molecule has 0 aliphatic carbocycles. The van der Waals surface area contributed by atoms with Crippen LogP contribution in [0.3, 0.4) is 0 Å². The minimum atomic E-state index is -0.562. The van der Waals surface area contributed by atoms with Gasteiger partial charge in [0.2, 0.25) is 0 Å². The largest absolute Gasteiger partial charge is 1.00 e. The number of hydrogen-bond donors (Lipinski definition) is 0. The zero-order valence-corrected chi connectivity index (χ0v) is 18.5. The van der Waals surface area contributed by atoms with E-state index >= 15 is 0 Å². The molecule has 0 radical (unpaired) electrons. The van der Waals surface area contributed by atoms with Gasteiger partial charge in [0.05, 0.1) is 24.6 Å². The summed E-state index contributed by atoms with van der Waals surface area (Å²) in [4.78, 5) is 0. The van der Waals surface area contributed by atoms with E-state index in [2.05, 4.69) is 27.7 Å². The molecule has 0 aliphatic rings. The maximum atomic E-state index is 2.40. The van der Waals surface area contributed by atoms with Crippen molar-refractivity contribution in [2.75, 3.05) is 24.6 Å². The highest BCUT2D eigenvalue weighted by Gasteiger charge is 2.33. The zero-order chi connectivity index (χ0) is 15.1. The van der Waals surface area contributed by atoms with Crippen LogP contribution in [0.5, 0.6) is 0 Å². The second-order valence-electron chi connectivity index (χ2n) is 6.71. The predicted molar refractivity (Wildman–Crippen MR) is 99.9 cm³/mol. The fourth-order valence-electron chi connectivity index (χ4n) is 3.67. The quantitative estimate of drug-likeness (QED) is 0.206. The van der Waals surface area contributed by atoms with Gasteiger partial charge in [-0.05, 0) is 32.1 Å². The normalized spacial score (nSPS) is 11.4. The molecule has 0 saturated carbocycles. The van der Waals surface area contributed by atoms with Crippen LogP contribution in [0.25, 0.3) is 0 Å². The standard InChI is InChI=1S/C19H42P.HI/c1-5-9-10-11-12-13-14-15-19-20(16-6-2,17-7-3)18-8-4;/h5-19H2,1-4H3;1H/q+1;/p-1. The van der Waals surface area contributed by atoms with Crippen molar-refractivity contribution in [1.29, 1.82) is 0 Å². The Morgan fingerprint density at radius 3 is 1.19 bits per heavy atom. The van der Waals surface area contributed by atoms with Crippen LogP contribution in [-0.4, -0.2) is 24.6 Å². The maximum Gasteiger partial charge on any atom is 0.0594 e. The van der Waals surface area contributed by atoms with E-state index in [4.69, 9.17) is 0 Å². The molecule has 0 spiro atoms. The summed E-state index contributed by atoms with van der Waals surface area (Å²) in [7, 11) is -0.562. The third-order valence-corrected chi connectivity index (χ3v) is 10.0. The second-order valence-corrected chi connectivity index (χ2v) is 11.2. The molecular formula is C19H42IP. The third kappa shape index (κ3) is 13.3. The van der Waals surface area contributed by atoms with E-state index in [-0.39, 0.29) is 24.0 Å². The van der Waals surface area contributed by atoms with Crippen LogP contribution in [0, 0.1) is 0 Å². The lowest BCUT2D eigenvalue weighted by Crippen LogP contribution is -3.00. The van der Waals surface area contributed by atoms with Crippen LogP contribution in [0.4, 0.5) is 0 Å². The molecule has 0 saturated heterocycles. The molecular weight excluding hydrogens is 386 g/mol. The van der Waals surface area contributed by atoms with Crippen molar-refractivity contribution in [1.82, 2.24) is 0 Å². The fraction of sp³-hybridized carbons (Fsp3) is 1.00. The first-order valence-electron chi connectivity index (χ1n) is 9.59. The molecule has 0 N–H and O–H groups in total. The van der Waals surface area contributed by atoms with Gasteiger partial charge in [-0.25, -0.2) is 0 Å². The van der Waals surface area contributed by atoms with Gasteiger partial charge in [-0.1, -0.05) is 66.2 Å². The molecule has 0 amide bonds. The Bertz CT molecular complexity index is 177. The summed E-state index contributed by atoms with van der Waals surface area (Å²) in [5.41, 5.74) is 0. The van der Waals surface area contributed by atoms with E-state index in [1.54, 1.807) is 24.6 Å². The smallest absolute Gasteiger partial charge is 0.0594 e. The van der Waals surface area contributed by atoms with Crippen LogP contribution in [-0.2, 0) is 0 Å². The maximum absolute atomic E-state index is 2.40. The van der Waals surface area contributed by atoms with E-state index in [0.717, 1.165) is 0 Å². The molecule has 0 fully saturated rings. The van der Waals surface area contributed by atoms with E-state index in [1.165, 1.54) is 70.6 Å². The summed E-state index contributed by atoms with van der Waals surface area (Å²) in [5, 5.41) is 0. The first-order valence-corrected chi connectivity index (χ1v) is 12.1. The van der Waals surface area contributed by atoms with Gasteiger partial charge in [-0.3, -0.25) is 0 Å². The van der Waals surface area contributed by atoms with Gasteiger partial charge in [0.15, 0.2) is 0 Å². The van der Waals surface area contributed by atoms with E-state index in [9.17, 15) is 0 Å². The molecule has 21 heavy (non-hydrogen) atoms. The average Bonchev–Trinajstić information content (AvgIpc) is 2.43. The molecule has 0 aromatic rings. The number of rotatable bonds is 15. The third-order valence-electron chi connectivity index (χ3n) is 4.58. The van der Waals surface area contributed by atoms with Crippen molar-refractivity contribution in [3.05, 3.63) is 0 Å². The van der Waals surface area contributed by atoms with E-state index < -0.39 is 7.26 Å². The molecule has 0 atom stereocenters. The van der Waals surface area contributed by atoms with Gasteiger partial charge in [-0.15, -0.1) is 0 Å².